The van der Waals surface area contributed by atoms with Gasteiger partial charge in [0.25, 0.3) is 0 Å². The topological polar surface area (TPSA) is 52.6 Å². The molecule has 0 saturated heterocycles. The van der Waals surface area contributed by atoms with Crippen molar-refractivity contribution in [2.24, 2.45) is 29.1 Å². The Hall–Kier alpha value is -1.32. The van der Waals surface area contributed by atoms with Crippen molar-refractivity contribution in [3.05, 3.63) is 12.2 Å². The van der Waals surface area contributed by atoms with E-state index in [0.29, 0.717) is 29.2 Å². The van der Waals surface area contributed by atoms with Crippen LogP contribution < -0.4 is 0 Å². The molecule has 0 N–H and O–H groups in total. The normalized spacial score (nSPS) is 47.4. The highest BCUT2D eigenvalue weighted by atomic mass is 16.6. The van der Waals surface area contributed by atoms with E-state index in [0.717, 1.165) is 32.1 Å². The number of esters is 2. The number of rotatable bonds is 3. The van der Waals surface area contributed by atoms with Gasteiger partial charge in [0.15, 0.2) is 0 Å². The second-order valence-corrected chi connectivity index (χ2v) is 7.84. The molecular weight excluding hydrogens is 280 g/mol. The molecule has 120 valence electrons. The fraction of sp³-hybridized carbons (Fsp3) is 0.778. The van der Waals surface area contributed by atoms with Crippen molar-refractivity contribution in [3.63, 3.8) is 0 Å². The molecule has 22 heavy (non-hydrogen) atoms. The number of hydrogen-bond donors (Lipinski definition) is 0. The second-order valence-electron chi connectivity index (χ2n) is 7.84. The van der Waals surface area contributed by atoms with E-state index in [-0.39, 0.29) is 11.9 Å². The minimum absolute atomic E-state index is 0.167. The molecule has 4 saturated carbocycles. The molecule has 0 aromatic carbocycles. The van der Waals surface area contributed by atoms with Crippen LogP contribution >= 0.6 is 0 Å². The van der Waals surface area contributed by atoms with Gasteiger partial charge in [0.2, 0.25) is 0 Å². The first kappa shape index (κ1) is 14.3. The lowest BCUT2D eigenvalue weighted by molar-refractivity contribution is -0.205. The molecule has 6 unspecified atom stereocenters. The smallest absolute Gasteiger partial charge is 0.333 e. The van der Waals surface area contributed by atoms with Gasteiger partial charge in [-0.25, -0.2) is 4.79 Å². The summed E-state index contributed by atoms with van der Waals surface area (Å²) < 4.78 is 11.3. The van der Waals surface area contributed by atoms with Gasteiger partial charge in [0, 0.05) is 17.4 Å². The second kappa shape index (κ2) is 4.36. The predicted octanol–water partition coefficient (Wildman–Crippen LogP) is 2.86. The van der Waals surface area contributed by atoms with Gasteiger partial charge in [-0.1, -0.05) is 6.58 Å². The molecule has 4 bridgehead atoms. The van der Waals surface area contributed by atoms with E-state index in [4.69, 9.17) is 9.47 Å². The summed E-state index contributed by atoms with van der Waals surface area (Å²) >= 11 is 0. The van der Waals surface area contributed by atoms with Crippen LogP contribution in [0, 0.1) is 29.1 Å². The van der Waals surface area contributed by atoms with Gasteiger partial charge in [0.1, 0.15) is 11.0 Å². The lowest BCUT2D eigenvalue weighted by atomic mass is 9.60. The van der Waals surface area contributed by atoms with E-state index in [1.165, 1.54) is 13.5 Å². The van der Waals surface area contributed by atoms with Crippen molar-refractivity contribution < 1.29 is 19.1 Å². The number of fused-ring (bicyclic) bond motifs is 9. The number of hydrogen-bond acceptors (Lipinski definition) is 4. The maximum atomic E-state index is 12.7. The van der Waals surface area contributed by atoms with E-state index in [2.05, 4.69) is 6.58 Å². The van der Waals surface area contributed by atoms with Crippen molar-refractivity contribution in [2.75, 3.05) is 7.11 Å². The molecule has 0 aliphatic heterocycles. The summed E-state index contributed by atoms with van der Waals surface area (Å²) in [4.78, 5) is 25.1. The number of carbonyl (C=O) groups is 2. The largest absolute Gasteiger partial charge is 0.468 e. The van der Waals surface area contributed by atoms with Gasteiger partial charge < -0.3 is 9.47 Å². The van der Waals surface area contributed by atoms with Crippen LogP contribution in [-0.4, -0.2) is 24.6 Å². The molecular formula is C18H24O4. The quantitative estimate of drug-likeness (QED) is 0.457. The summed E-state index contributed by atoms with van der Waals surface area (Å²) in [7, 11) is 1.46. The Bertz CT molecular complexity index is 567. The van der Waals surface area contributed by atoms with E-state index in [1.54, 1.807) is 6.92 Å². The zero-order chi connectivity index (χ0) is 15.7. The van der Waals surface area contributed by atoms with Crippen LogP contribution in [-0.2, 0) is 19.1 Å². The Labute approximate surface area is 131 Å². The third kappa shape index (κ3) is 1.40. The van der Waals surface area contributed by atoms with E-state index >= 15 is 0 Å². The molecule has 4 aliphatic rings. The van der Waals surface area contributed by atoms with Gasteiger partial charge in [0.05, 0.1) is 7.11 Å². The van der Waals surface area contributed by atoms with Crippen LogP contribution in [0.1, 0.15) is 45.4 Å². The maximum Gasteiger partial charge on any atom is 0.333 e. The van der Waals surface area contributed by atoms with Crippen LogP contribution in [0.15, 0.2) is 12.2 Å². The Balaban J connectivity index is 1.83. The molecule has 0 amide bonds. The van der Waals surface area contributed by atoms with Crippen LogP contribution in [0.5, 0.6) is 0 Å². The first-order valence-electron chi connectivity index (χ1n) is 8.43. The minimum Gasteiger partial charge on any atom is -0.468 e. The fourth-order valence-electron chi connectivity index (χ4n) is 6.57. The minimum atomic E-state index is -0.623. The molecule has 0 heterocycles. The summed E-state index contributed by atoms with van der Waals surface area (Å²) in [5, 5.41) is 0. The van der Waals surface area contributed by atoms with E-state index in [9.17, 15) is 9.59 Å². The zero-order valence-electron chi connectivity index (χ0n) is 13.4. The highest BCUT2D eigenvalue weighted by molar-refractivity contribution is 5.89. The molecule has 0 spiro atoms. The van der Waals surface area contributed by atoms with Crippen LogP contribution in [0.4, 0.5) is 0 Å². The van der Waals surface area contributed by atoms with Crippen molar-refractivity contribution >= 4 is 11.9 Å². The van der Waals surface area contributed by atoms with Crippen molar-refractivity contribution in [2.45, 2.75) is 51.0 Å². The third-order valence-electron chi connectivity index (χ3n) is 7.08. The molecule has 4 rings (SSSR count). The average molecular weight is 304 g/mol. The molecule has 0 aromatic rings. The highest BCUT2D eigenvalue weighted by Crippen LogP contribution is 2.76. The fourth-order valence-corrected chi connectivity index (χ4v) is 6.57. The molecule has 4 nitrogen and oxygen atoms in total. The van der Waals surface area contributed by atoms with Gasteiger partial charge in [-0.2, -0.15) is 0 Å². The van der Waals surface area contributed by atoms with Crippen molar-refractivity contribution in [1.29, 1.82) is 0 Å². The van der Waals surface area contributed by atoms with Gasteiger partial charge in [-0.05, 0) is 57.3 Å². The molecule has 4 heteroatoms. The third-order valence-corrected chi connectivity index (χ3v) is 7.08. The monoisotopic (exact) mass is 304 g/mol. The highest BCUT2D eigenvalue weighted by Gasteiger charge is 2.80. The Morgan fingerprint density at radius 1 is 1.18 bits per heavy atom. The van der Waals surface area contributed by atoms with Crippen LogP contribution in [0.2, 0.25) is 0 Å². The van der Waals surface area contributed by atoms with E-state index in [1.807, 2.05) is 0 Å². The standard InChI is InChI=1S/C18H24O4/c1-10(2)15(19)22-18-13-5-4-11(8-13)14(18)12-6-7-17(18,9-12)16(20)21-3/h11-14H,1,4-9H2,2-3H3. The van der Waals surface area contributed by atoms with Crippen molar-refractivity contribution in [3.8, 4) is 0 Å². The predicted molar refractivity (Wildman–Crippen MR) is 79.7 cm³/mol. The lowest BCUT2D eigenvalue weighted by Crippen LogP contribution is -2.60. The Morgan fingerprint density at radius 2 is 1.95 bits per heavy atom. The van der Waals surface area contributed by atoms with E-state index < -0.39 is 11.0 Å². The zero-order valence-corrected chi connectivity index (χ0v) is 13.4. The molecule has 0 aromatic heterocycles. The SMILES string of the molecule is C=C(C)C(=O)OC12C3CCC(C3)C1C1CCC2(C(=O)OC)C1. The molecule has 0 radical (unpaired) electrons. The maximum absolute atomic E-state index is 12.7. The van der Waals surface area contributed by atoms with Gasteiger partial charge in [-0.15, -0.1) is 0 Å². The Kier molecular flexibility index (Phi) is 2.83. The number of methoxy groups -OCH3 is 1. The molecule has 6 atom stereocenters. The van der Waals surface area contributed by atoms with Crippen molar-refractivity contribution in [1.82, 2.24) is 0 Å². The Morgan fingerprint density at radius 3 is 2.64 bits per heavy atom. The van der Waals surface area contributed by atoms with Gasteiger partial charge in [-0.3, -0.25) is 4.79 Å². The first-order chi connectivity index (χ1) is 10.5. The summed E-state index contributed by atoms with van der Waals surface area (Å²) in [6.45, 7) is 5.41. The summed E-state index contributed by atoms with van der Waals surface area (Å²) in [5.74, 6) is 1.28. The molecule has 4 fully saturated rings. The van der Waals surface area contributed by atoms with Crippen LogP contribution in [0.25, 0.3) is 0 Å². The number of carbonyl (C=O) groups excluding carboxylic acids is 2. The lowest BCUT2D eigenvalue weighted by Gasteiger charge is -2.50. The molecule has 4 aliphatic carbocycles. The summed E-state index contributed by atoms with van der Waals surface area (Å²) in [6.07, 6.45) is 6.08. The van der Waals surface area contributed by atoms with Crippen LogP contribution in [0.3, 0.4) is 0 Å². The number of ether oxygens (including phenoxy) is 2. The van der Waals surface area contributed by atoms with Gasteiger partial charge >= 0.3 is 11.9 Å². The summed E-state index contributed by atoms with van der Waals surface area (Å²) in [5.41, 5.74) is -0.817. The summed E-state index contributed by atoms with van der Waals surface area (Å²) in [6, 6.07) is 0. The first-order valence-corrected chi connectivity index (χ1v) is 8.43. The average Bonchev–Trinajstić information content (AvgIpc) is 3.23.